The predicted octanol–water partition coefficient (Wildman–Crippen LogP) is 3.79. The van der Waals surface area contributed by atoms with Gasteiger partial charge >= 0.3 is 0 Å². The summed E-state index contributed by atoms with van der Waals surface area (Å²) in [4.78, 5) is 8.87. The molecule has 0 aliphatic heterocycles. The van der Waals surface area contributed by atoms with Gasteiger partial charge in [-0.15, -0.1) is 0 Å². The SMILES string of the molecule is CCNc1nc(C)nc(NCc2cccc(Cl)c2)c1C. The normalized spacial score (nSPS) is 10.4. The maximum Gasteiger partial charge on any atom is 0.135 e. The first-order valence-electron chi connectivity index (χ1n) is 6.67. The first-order valence-corrected chi connectivity index (χ1v) is 7.05. The van der Waals surface area contributed by atoms with E-state index in [1.807, 2.05) is 38.1 Å². The highest BCUT2D eigenvalue weighted by Gasteiger charge is 2.08. The van der Waals surface area contributed by atoms with Crippen LogP contribution in [-0.2, 0) is 6.54 Å². The molecule has 0 amide bonds. The van der Waals surface area contributed by atoms with Crippen LogP contribution in [0.25, 0.3) is 0 Å². The number of hydrogen-bond donors (Lipinski definition) is 2. The molecule has 2 N–H and O–H groups in total. The van der Waals surface area contributed by atoms with Crippen molar-refractivity contribution in [3.63, 3.8) is 0 Å². The average molecular weight is 291 g/mol. The topological polar surface area (TPSA) is 49.8 Å². The molecule has 0 atom stereocenters. The second-order valence-electron chi connectivity index (χ2n) is 4.61. The van der Waals surface area contributed by atoms with E-state index in [1.165, 1.54) is 0 Å². The Bertz CT molecular complexity index is 598. The van der Waals surface area contributed by atoms with E-state index in [-0.39, 0.29) is 0 Å². The van der Waals surface area contributed by atoms with E-state index in [1.54, 1.807) is 0 Å². The molecule has 4 nitrogen and oxygen atoms in total. The Morgan fingerprint density at radius 1 is 1.10 bits per heavy atom. The number of benzene rings is 1. The van der Waals surface area contributed by atoms with Crippen LogP contribution in [0.1, 0.15) is 23.9 Å². The van der Waals surface area contributed by atoms with Crippen LogP contribution in [-0.4, -0.2) is 16.5 Å². The summed E-state index contributed by atoms with van der Waals surface area (Å²) in [5, 5.41) is 7.34. The third-order valence-corrected chi connectivity index (χ3v) is 3.19. The fourth-order valence-electron chi connectivity index (χ4n) is 1.97. The highest BCUT2D eigenvalue weighted by atomic mass is 35.5. The van der Waals surface area contributed by atoms with Crippen LogP contribution in [0.4, 0.5) is 11.6 Å². The van der Waals surface area contributed by atoms with Crippen LogP contribution in [0.15, 0.2) is 24.3 Å². The lowest BCUT2D eigenvalue weighted by Crippen LogP contribution is -2.09. The van der Waals surface area contributed by atoms with Gasteiger partial charge in [-0.25, -0.2) is 9.97 Å². The van der Waals surface area contributed by atoms with Crippen LogP contribution < -0.4 is 10.6 Å². The first kappa shape index (κ1) is 14.6. The minimum absolute atomic E-state index is 0.684. The molecule has 2 aromatic rings. The Labute approximate surface area is 124 Å². The van der Waals surface area contributed by atoms with E-state index in [4.69, 9.17) is 11.6 Å². The van der Waals surface area contributed by atoms with Gasteiger partial charge in [0.1, 0.15) is 17.5 Å². The molecule has 0 radical (unpaired) electrons. The standard InChI is InChI=1S/C15H19ClN4/c1-4-17-14-10(2)15(20-11(3)19-14)18-9-12-6-5-7-13(16)8-12/h5-8H,4,9H2,1-3H3,(H2,17,18,19,20). The van der Waals surface area contributed by atoms with Crippen LogP contribution in [0.3, 0.4) is 0 Å². The fraction of sp³-hybridized carbons (Fsp3) is 0.333. The van der Waals surface area contributed by atoms with E-state index in [0.717, 1.165) is 40.2 Å². The molecule has 0 spiro atoms. The molecule has 0 fully saturated rings. The Kier molecular flexibility index (Phi) is 4.79. The Morgan fingerprint density at radius 3 is 2.45 bits per heavy atom. The van der Waals surface area contributed by atoms with Gasteiger partial charge in [0.25, 0.3) is 0 Å². The van der Waals surface area contributed by atoms with Crippen LogP contribution in [0.2, 0.25) is 5.02 Å². The highest BCUT2D eigenvalue weighted by molar-refractivity contribution is 6.30. The maximum absolute atomic E-state index is 5.99. The third-order valence-electron chi connectivity index (χ3n) is 2.95. The number of anilines is 2. The molecule has 106 valence electrons. The Morgan fingerprint density at radius 2 is 1.80 bits per heavy atom. The summed E-state index contributed by atoms with van der Waals surface area (Å²) < 4.78 is 0. The van der Waals surface area contributed by atoms with Crippen molar-refractivity contribution in [2.24, 2.45) is 0 Å². The van der Waals surface area contributed by atoms with Crippen LogP contribution in [0.5, 0.6) is 0 Å². The van der Waals surface area contributed by atoms with E-state index in [0.29, 0.717) is 6.54 Å². The molecule has 0 aliphatic carbocycles. The smallest absolute Gasteiger partial charge is 0.135 e. The molecule has 0 saturated heterocycles. The summed E-state index contributed by atoms with van der Waals surface area (Å²) in [6, 6.07) is 7.80. The number of nitrogens with zero attached hydrogens (tertiary/aromatic N) is 2. The lowest BCUT2D eigenvalue weighted by molar-refractivity contribution is 0.993. The lowest BCUT2D eigenvalue weighted by atomic mass is 10.2. The molecule has 0 aliphatic rings. The monoisotopic (exact) mass is 290 g/mol. The van der Waals surface area contributed by atoms with E-state index < -0.39 is 0 Å². The summed E-state index contributed by atoms with van der Waals surface area (Å²) >= 11 is 5.99. The van der Waals surface area contributed by atoms with Crippen LogP contribution in [0, 0.1) is 13.8 Å². The minimum atomic E-state index is 0.684. The molecule has 20 heavy (non-hydrogen) atoms. The average Bonchev–Trinajstić information content (AvgIpc) is 2.41. The second kappa shape index (κ2) is 6.57. The van der Waals surface area contributed by atoms with Gasteiger partial charge in [0.15, 0.2) is 0 Å². The zero-order valence-electron chi connectivity index (χ0n) is 12.0. The quantitative estimate of drug-likeness (QED) is 0.879. The van der Waals surface area contributed by atoms with Crippen molar-refractivity contribution in [3.05, 3.63) is 46.2 Å². The highest BCUT2D eigenvalue weighted by Crippen LogP contribution is 2.20. The van der Waals surface area contributed by atoms with Gasteiger partial charge in [-0.3, -0.25) is 0 Å². The second-order valence-corrected chi connectivity index (χ2v) is 5.04. The number of halogens is 1. The molecule has 1 aromatic heterocycles. The van der Waals surface area contributed by atoms with Crippen molar-refractivity contribution in [1.29, 1.82) is 0 Å². The number of hydrogen-bond acceptors (Lipinski definition) is 4. The van der Waals surface area contributed by atoms with E-state index in [2.05, 4.69) is 27.5 Å². The molecule has 2 rings (SSSR count). The van der Waals surface area contributed by atoms with Crippen molar-refractivity contribution >= 4 is 23.2 Å². The number of rotatable bonds is 5. The summed E-state index contributed by atoms with van der Waals surface area (Å²) in [5.74, 6) is 2.49. The van der Waals surface area contributed by atoms with E-state index in [9.17, 15) is 0 Å². The summed E-state index contributed by atoms with van der Waals surface area (Å²) in [6.07, 6.45) is 0. The number of nitrogens with one attached hydrogen (secondary N) is 2. The number of aromatic nitrogens is 2. The van der Waals surface area contributed by atoms with Crippen molar-refractivity contribution in [1.82, 2.24) is 9.97 Å². The third kappa shape index (κ3) is 3.61. The lowest BCUT2D eigenvalue weighted by Gasteiger charge is -2.13. The first-order chi connectivity index (χ1) is 9.60. The van der Waals surface area contributed by atoms with Gasteiger partial charge in [0.05, 0.1) is 0 Å². The van der Waals surface area contributed by atoms with Gasteiger partial charge in [0.2, 0.25) is 0 Å². The molecule has 0 saturated carbocycles. The maximum atomic E-state index is 5.99. The molecular weight excluding hydrogens is 272 g/mol. The zero-order valence-corrected chi connectivity index (χ0v) is 12.8. The summed E-state index contributed by atoms with van der Waals surface area (Å²) in [5.41, 5.74) is 2.15. The molecule has 5 heteroatoms. The van der Waals surface area contributed by atoms with Crippen molar-refractivity contribution < 1.29 is 0 Å². The molecular formula is C15H19ClN4. The van der Waals surface area contributed by atoms with E-state index >= 15 is 0 Å². The van der Waals surface area contributed by atoms with Gasteiger partial charge in [-0.1, -0.05) is 23.7 Å². The Hall–Kier alpha value is -1.81. The zero-order chi connectivity index (χ0) is 14.5. The molecule has 1 aromatic carbocycles. The van der Waals surface area contributed by atoms with Gasteiger partial charge < -0.3 is 10.6 Å². The van der Waals surface area contributed by atoms with Gasteiger partial charge in [0, 0.05) is 23.7 Å². The molecule has 1 heterocycles. The van der Waals surface area contributed by atoms with Crippen LogP contribution >= 0.6 is 11.6 Å². The van der Waals surface area contributed by atoms with Crippen molar-refractivity contribution in [2.45, 2.75) is 27.3 Å². The fourth-order valence-corrected chi connectivity index (χ4v) is 2.19. The largest absolute Gasteiger partial charge is 0.370 e. The summed E-state index contributed by atoms with van der Waals surface area (Å²) in [7, 11) is 0. The molecule has 0 bridgehead atoms. The minimum Gasteiger partial charge on any atom is -0.370 e. The van der Waals surface area contributed by atoms with Crippen molar-refractivity contribution in [3.8, 4) is 0 Å². The predicted molar refractivity (Wildman–Crippen MR) is 84.4 cm³/mol. The molecule has 0 unspecified atom stereocenters. The van der Waals surface area contributed by atoms with Gasteiger partial charge in [-0.2, -0.15) is 0 Å². The number of aryl methyl sites for hydroxylation is 1. The van der Waals surface area contributed by atoms with Crippen molar-refractivity contribution in [2.75, 3.05) is 17.2 Å². The van der Waals surface area contributed by atoms with Gasteiger partial charge in [-0.05, 0) is 38.5 Å². The Balaban J connectivity index is 2.16. The summed E-state index contributed by atoms with van der Waals surface area (Å²) in [6.45, 7) is 7.48.